The number of nitrogens with one attached hydrogen (secondary N) is 1. The molecule has 1 aromatic rings. The fourth-order valence-corrected chi connectivity index (χ4v) is 1.40. The maximum atomic E-state index is 10.5. The van der Waals surface area contributed by atoms with E-state index >= 15 is 0 Å². The lowest BCUT2D eigenvalue weighted by atomic mass is 10.1. The summed E-state index contributed by atoms with van der Waals surface area (Å²) in [5.41, 5.74) is -0.223. The summed E-state index contributed by atoms with van der Waals surface area (Å²) in [7, 11) is 0. The Balaban J connectivity index is 2.27. The van der Waals surface area contributed by atoms with Gasteiger partial charge in [-0.25, -0.2) is 0 Å². The summed E-state index contributed by atoms with van der Waals surface area (Å²) in [4.78, 5) is 0. The maximum Gasteiger partial charge on any atom is 0.119 e. The number of aliphatic hydroxyl groups is 1. The lowest BCUT2D eigenvalue weighted by molar-refractivity contribution is 0.104. The first-order chi connectivity index (χ1) is 16.7. The molecular weight excluding hydrogens is 278 g/mol. The Morgan fingerprint density at radius 2 is 2.18 bits per heavy atom. The lowest BCUT2D eigenvalue weighted by Crippen LogP contribution is -2.35. The van der Waals surface area contributed by atoms with E-state index in [1.807, 2.05) is 0 Å². The summed E-state index contributed by atoms with van der Waals surface area (Å²) >= 11 is 0. The predicted octanol–water partition coefficient (Wildman–Crippen LogP) is 2.39. The van der Waals surface area contributed by atoms with Crippen LogP contribution in [0.4, 0.5) is 0 Å². The predicted molar refractivity (Wildman–Crippen MR) is 88.3 cm³/mol. The van der Waals surface area contributed by atoms with Crippen molar-refractivity contribution in [1.29, 1.82) is 0 Å². The third-order valence-electron chi connectivity index (χ3n) is 2.71. The minimum Gasteiger partial charge on any atom is -0.491 e. The monoisotopic (exact) mass is 323 g/mol. The van der Waals surface area contributed by atoms with Crippen LogP contribution in [-0.4, -0.2) is 43.4 Å². The molecule has 4 heteroatoms. The zero-order chi connectivity index (χ0) is 29.8. The van der Waals surface area contributed by atoms with Gasteiger partial charge in [0.2, 0.25) is 0 Å². The molecule has 0 amide bonds. The molecule has 1 aliphatic carbocycles. The third-order valence-corrected chi connectivity index (χ3v) is 2.71. The molecular formula is C18H29NO3. The van der Waals surface area contributed by atoms with Crippen molar-refractivity contribution in [3.63, 3.8) is 0 Å². The van der Waals surface area contributed by atoms with E-state index in [2.05, 4.69) is 0 Å². The Bertz CT molecular complexity index is 955. The fourth-order valence-electron chi connectivity index (χ4n) is 1.40. The first kappa shape index (κ1) is 5.76. The second-order valence-electron chi connectivity index (χ2n) is 4.68. The van der Waals surface area contributed by atoms with Gasteiger partial charge >= 0.3 is 0 Å². The fraction of sp³-hybridized carbons (Fsp3) is 0.667. The summed E-state index contributed by atoms with van der Waals surface area (Å²) in [5, 5.41) is 11.7. The Hall–Kier alpha value is -1.10. The van der Waals surface area contributed by atoms with E-state index in [4.69, 9.17) is 31.4 Å². The van der Waals surface area contributed by atoms with Gasteiger partial charge in [-0.1, -0.05) is 25.8 Å². The second-order valence-corrected chi connectivity index (χ2v) is 4.68. The van der Waals surface area contributed by atoms with Crippen molar-refractivity contribution in [2.75, 3.05) is 26.2 Å². The van der Waals surface area contributed by atoms with E-state index in [0.717, 1.165) is 37.1 Å². The molecule has 1 fully saturated rings. The molecule has 0 heterocycles. The first-order valence-corrected chi connectivity index (χ1v) is 6.67. The van der Waals surface area contributed by atoms with Gasteiger partial charge in [0.25, 0.3) is 0 Å². The summed E-state index contributed by atoms with van der Waals surface area (Å²) in [6.07, 6.45) is -4.97. The largest absolute Gasteiger partial charge is 0.491 e. The summed E-state index contributed by atoms with van der Waals surface area (Å²) in [6, 6.07) is 0.221. The molecule has 1 atom stereocenters. The van der Waals surface area contributed by atoms with Crippen molar-refractivity contribution in [1.82, 2.24) is 5.32 Å². The summed E-state index contributed by atoms with van der Waals surface area (Å²) in [5.74, 6) is -0.308. The van der Waals surface area contributed by atoms with Crippen LogP contribution in [0, 0.1) is 5.92 Å². The molecule has 0 aliphatic heterocycles. The molecule has 1 aromatic carbocycles. The van der Waals surface area contributed by atoms with Gasteiger partial charge in [-0.3, -0.25) is 0 Å². The Morgan fingerprint density at radius 3 is 2.86 bits per heavy atom. The van der Waals surface area contributed by atoms with Crippen LogP contribution < -0.4 is 10.1 Å². The molecule has 0 aromatic heterocycles. The molecule has 1 saturated carbocycles. The van der Waals surface area contributed by atoms with Gasteiger partial charge in [-0.15, -0.1) is 0 Å². The summed E-state index contributed by atoms with van der Waals surface area (Å²) in [6.45, 7) is -17.7. The molecule has 0 radical (unpaired) electrons. The normalized spacial score (nSPS) is 32.4. The minimum absolute atomic E-state index is 0.0369. The van der Waals surface area contributed by atoms with Gasteiger partial charge in [0, 0.05) is 34.2 Å². The van der Waals surface area contributed by atoms with Crippen LogP contribution in [0.2, 0.25) is 0 Å². The smallest absolute Gasteiger partial charge is 0.119 e. The van der Waals surface area contributed by atoms with Gasteiger partial charge in [0.05, 0.1) is 13.4 Å². The quantitative estimate of drug-likeness (QED) is 0.656. The second kappa shape index (κ2) is 9.13. The first-order valence-electron chi connectivity index (χ1n) is 14.7. The highest BCUT2D eigenvalue weighted by Crippen LogP contribution is 2.28. The van der Waals surface area contributed by atoms with Crippen LogP contribution in [-0.2, 0) is 11.1 Å². The van der Waals surface area contributed by atoms with E-state index in [0.29, 0.717) is 0 Å². The number of hydrogen-bond donors (Lipinski definition) is 2. The number of rotatable bonds is 11. The highest BCUT2D eigenvalue weighted by atomic mass is 16.5. The highest BCUT2D eigenvalue weighted by molar-refractivity contribution is 5.27. The van der Waals surface area contributed by atoms with E-state index in [-0.39, 0.29) is 18.1 Å². The van der Waals surface area contributed by atoms with Crippen molar-refractivity contribution < 1.29 is 36.5 Å². The van der Waals surface area contributed by atoms with Crippen molar-refractivity contribution in [2.24, 2.45) is 5.92 Å². The van der Waals surface area contributed by atoms with Gasteiger partial charge in [0.1, 0.15) is 18.4 Å². The van der Waals surface area contributed by atoms with Crippen LogP contribution >= 0.6 is 0 Å². The van der Waals surface area contributed by atoms with Crippen LogP contribution in [0.25, 0.3) is 0 Å². The standard InChI is InChI=1S/C18H29NO3/c1-14(2)19-11-17(20)13-22-18-7-5-15(6-8-18)9-10-21-12-16-3-4-16/h5-8,14,16-17,19-20H,3-4,9-13H2,1-2H3/i1D3,2D3,9D2,10D2,11D2,13D2,14D,17D. The molecule has 0 saturated heterocycles. The third kappa shape index (κ3) is 7.25. The summed E-state index contributed by atoms with van der Waals surface area (Å²) < 4.78 is 134. The molecule has 2 rings (SSSR count). The molecule has 124 valence electrons. The van der Waals surface area contributed by atoms with Crippen LogP contribution in [0.1, 0.15) is 54.0 Å². The van der Waals surface area contributed by atoms with Crippen LogP contribution in [0.15, 0.2) is 24.3 Å². The maximum absolute atomic E-state index is 10.5. The molecule has 0 bridgehead atoms. The van der Waals surface area contributed by atoms with Gasteiger partial charge < -0.3 is 19.9 Å². The molecule has 1 aliphatic rings. The van der Waals surface area contributed by atoms with Crippen molar-refractivity contribution >= 4 is 0 Å². The molecule has 0 spiro atoms. The Kier molecular flexibility index (Phi) is 2.39. The van der Waals surface area contributed by atoms with E-state index in [1.165, 1.54) is 5.32 Å². The van der Waals surface area contributed by atoms with Crippen LogP contribution in [0.3, 0.4) is 0 Å². The van der Waals surface area contributed by atoms with Gasteiger partial charge in [-0.2, -0.15) is 0 Å². The zero-order valence-electron chi connectivity index (χ0n) is 27.8. The lowest BCUT2D eigenvalue weighted by Gasteiger charge is -2.15. The van der Waals surface area contributed by atoms with Gasteiger partial charge in [-0.05, 0) is 42.8 Å². The van der Waals surface area contributed by atoms with Crippen LogP contribution in [0.5, 0.6) is 5.75 Å². The SMILES string of the molecule is [2H]C([2H])([2H])C([2H])(NC([2H])([2H])C([2H])(O)C([2H])([2H])Oc1ccc(C([2H])([2H])C([2H])([2H])OCC2CC2)cc1)C([2H])([2H])[2H]. The van der Waals surface area contributed by atoms with Gasteiger partial charge in [0.15, 0.2) is 0 Å². The Morgan fingerprint density at radius 1 is 1.41 bits per heavy atom. The van der Waals surface area contributed by atoms with E-state index in [9.17, 15) is 5.11 Å². The topological polar surface area (TPSA) is 50.7 Å². The van der Waals surface area contributed by atoms with Crippen molar-refractivity contribution in [3.8, 4) is 5.75 Å². The average Bonchev–Trinajstić information content (AvgIpc) is 3.54. The molecule has 22 heavy (non-hydrogen) atoms. The van der Waals surface area contributed by atoms with Crippen molar-refractivity contribution in [2.45, 2.75) is 45.0 Å². The average molecular weight is 324 g/mol. The van der Waals surface area contributed by atoms with E-state index in [1.54, 1.807) is 0 Å². The number of aryl methyl sites for hydroxylation is 1. The minimum atomic E-state index is -4.04. The van der Waals surface area contributed by atoms with Crippen molar-refractivity contribution in [3.05, 3.63) is 29.8 Å². The van der Waals surface area contributed by atoms with E-state index < -0.39 is 57.5 Å². The highest BCUT2D eigenvalue weighted by Gasteiger charge is 2.20. The molecule has 1 unspecified atom stereocenters. The number of hydrogen-bond acceptors (Lipinski definition) is 4. The number of benzene rings is 1. The molecule has 4 nitrogen and oxygen atoms in total. The number of ether oxygens (including phenoxy) is 2. The zero-order valence-corrected chi connectivity index (χ0v) is 11.8. The Labute approximate surface area is 156 Å². The molecule has 2 N–H and O–H groups in total.